The molecule has 0 saturated carbocycles. The topological polar surface area (TPSA) is 122 Å². The Balaban J connectivity index is 2.09. The van der Waals surface area contributed by atoms with E-state index in [-0.39, 0.29) is 11.9 Å². The van der Waals surface area contributed by atoms with Crippen molar-refractivity contribution in [3.05, 3.63) is 0 Å². The SMILES string of the molecule is CCC[C@H]1C[C@@H](C(=O)N[C@@H]([C@H]2O[C@H](SC)[C@H](O)[C@@H](O)[C@H]2O)[C@@H](C)O)N(C)C1. The number of amides is 1. The van der Waals surface area contributed by atoms with E-state index in [2.05, 4.69) is 12.2 Å². The fraction of sp³-hybridized carbons (Fsp3) is 0.944. The Labute approximate surface area is 165 Å². The van der Waals surface area contributed by atoms with E-state index in [0.717, 1.165) is 25.8 Å². The van der Waals surface area contributed by atoms with Crippen LogP contribution in [-0.2, 0) is 9.53 Å². The molecular formula is C18H34N2O6S. The minimum Gasteiger partial charge on any atom is -0.391 e. The summed E-state index contributed by atoms with van der Waals surface area (Å²) < 4.78 is 5.72. The number of likely N-dealkylation sites (N-methyl/N-ethyl adjacent to an activating group) is 1. The molecule has 0 aliphatic carbocycles. The van der Waals surface area contributed by atoms with Gasteiger partial charge in [-0.1, -0.05) is 13.3 Å². The van der Waals surface area contributed by atoms with Crippen molar-refractivity contribution in [1.29, 1.82) is 0 Å². The first-order valence-corrected chi connectivity index (χ1v) is 10.9. The van der Waals surface area contributed by atoms with E-state index >= 15 is 0 Å². The molecule has 9 heteroatoms. The number of likely N-dealkylation sites (tertiary alicyclic amines) is 1. The lowest BCUT2D eigenvalue weighted by Gasteiger charge is -2.44. The van der Waals surface area contributed by atoms with Gasteiger partial charge in [-0.25, -0.2) is 0 Å². The Kier molecular flexibility index (Phi) is 8.35. The maximum Gasteiger partial charge on any atom is 0.237 e. The average molecular weight is 407 g/mol. The standard InChI is InChI=1S/C18H34N2O6S/c1-5-6-10-7-11(20(3)8-10)17(25)19-12(9(2)21)16-14(23)13(22)15(24)18(26-16)27-4/h9-16,18,21-24H,5-8H2,1-4H3,(H,19,25)/t9-,10+,11+,12-,13+,14-,15-,16-,18-/m1/s1. The lowest BCUT2D eigenvalue weighted by atomic mass is 9.92. The van der Waals surface area contributed by atoms with Crippen LogP contribution in [0.4, 0.5) is 0 Å². The number of nitrogens with one attached hydrogen (secondary N) is 1. The van der Waals surface area contributed by atoms with Crippen molar-refractivity contribution in [1.82, 2.24) is 10.2 Å². The zero-order valence-electron chi connectivity index (χ0n) is 16.5. The Morgan fingerprint density at radius 3 is 2.52 bits per heavy atom. The summed E-state index contributed by atoms with van der Waals surface area (Å²) in [6, 6.07) is -1.20. The number of rotatable bonds is 7. The smallest absolute Gasteiger partial charge is 0.237 e. The number of hydrogen-bond donors (Lipinski definition) is 5. The normalized spacial score (nSPS) is 39.9. The summed E-state index contributed by atoms with van der Waals surface area (Å²) in [6.07, 6.45) is -1.50. The number of thioether (sulfide) groups is 1. The van der Waals surface area contributed by atoms with Crippen LogP contribution in [0.3, 0.4) is 0 Å². The van der Waals surface area contributed by atoms with Gasteiger partial charge in [-0.3, -0.25) is 9.69 Å². The van der Waals surface area contributed by atoms with Crippen molar-refractivity contribution < 1.29 is 30.0 Å². The molecule has 0 unspecified atom stereocenters. The van der Waals surface area contributed by atoms with E-state index < -0.39 is 42.0 Å². The Bertz CT molecular complexity index is 494. The summed E-state index contributed by atoms with van der Waals surface area (Å²) in [5.74, 6) is 0.245. The number of nitrogens with zero attached hydrogens (tertiary/aromatic N) is 1. The van der Waals surface area contributed by atoms with Gasteiger partial charge in [0, 0.05) is 6.54 Å². The van der Waals surface area contributed by atoms with Gasteiger partial charge >= 0.3 is 0 Å². The number of ether oxygens (including phenoxy) is 1. The molecule has 2 saturated heterocycles. The van der Waals surface area contributed by atoms with Gasteiger partial charge in [-0.15, -0.1) is 11.8 Å². The van der Waals surface area contributed by atoms with Gasteiger partial charge in [0.2, 0.25) is 5.91 Å². The van der Waals surface area contributed by atoms with Crippen molar-refractivity contribution in [3.63, 3.8) is 0 Å². The van der Waals surface area contributed by atoms with E-state index in [1.165, 1.54) is 18.7 Å². The van der Waals surface area contributed by atoms with Crippen molar-refractivity contribution in [2.75, 3.05) is 19.8 Å². The number of aliphatic hydroxyl groups is 4. The first kappa shape index (κ1) is 22.9. The molecule has 2 heterocycles. The number of aliphatic hydroxyl groups excluding tert-OH is 4. The predicted octanol–water partition coefficient (Wildman–Crippen LogP) is -0.857. The minimum atomic E-state index is -1.42. The molecule has 5 N–H and O–H groups in total. The van der Waals surface area contributed by atoms with Crippen LogP contribution in [0.5, 0.6) is 0 Å². The second-order valence-electron chi connectivity index (χ2n) is 7.80. The second kappa shape index (κ2) is 9.87. The van der Waals surface area contributed by atoms with Crippen LogP contribution < -0.4 is 5.32 Å². The van der Waals surface area contributed by atoms with Crippen LogP contribution in [0.1, 0.15) is 33.1 Å². The highest BCUT2D eigenvalue weighted by atomic mass is 32.2. The van der Waals surface area contributed by atoms with Gasteiger partial charge in [0.15, 0.2) is 0 Å². The molecule has 0 aromatic carbocycles. The highest BCUT2D eigenvalue weighted by Crippen LogP contribution is 2.30. The lowest BCUT2D eigenvalue weighted by Crippen LogP contribution is -2.65. The highest BCUT2D eigenvalue weighted by Gasteiger charge is 2.48. The Hall–Kier alpha value is -0.420. The molecule has 1 amide bonds. The van der Waals surface area contributed by atoms with E-state index in [0.29, 0.717) is 5.92 Å². The number of carbonyl (C=O) groups is 1. The van der Waals surface area contributed by atoms with Gasteiger partial charge < -0.3 is 30.5 Å². The van der Waals surface area contributed by atoms with Crippen LogP contribution in [0.15, 0.2) is 0 Å². The first-order valence-electron chi connectivity index (χ1n) is 9.62. The van der Waals surface area contributed by atoms with Gasteiger partial charge in [0.05, 0.1) is 18.2 Å². The molecule has 0 aromatic heterocycles. The molecule has 0 aromatic rings. The summed E-state index contributed by atoms with van der Waals surface area (Å²) in [5.41, 5.74) is -0.755. The largest absolute Gasteiger partial charge is 0.391 e. The average Bonchev–Trinajstić information content (AvgIpc) is 2.99. The Morgan fingerprint density at radius 1 is 1.30 bits per heavy atom. The zero-order valence-corrected chi connectivity index (χ0v) is 17.3. The second-order valence-corrected chi connectivity index (χ2v) is 8.73. The van der Waals surface area contributed by atoms with Crippen molar-refractivity contribution in [3.8, 4) is 0 Å². The van der Waals surface area contributed by atoms with Gasteiger partial charge in [0.1, 0.15) is 29.9 Å². The van der Waals surface area contributed by atoms with E-state index in [1.807, 2.05) is 11.9 Å². The molecule has 2 fully saturated rings. The predicted molar refractivity (Wildman–Crippen MR) is 103 cm³/mol. The Morgan fingerprint density at radius 2 is 1.96 bits per heavy atom. The van der Waals surface area contributed by atoms with Crippen molar-refractivity contribution >= 4 is 17.7 Å². The van der Waals surface area contributed by atoms with Crippen molar-refractivity contribution in [2.24, 2.45) is 5.92 Å². The maximum atomic E-state index is 12.8. The maximum absolute atomic E-state index is 12.8. The summed E-state index contributed by atoms with van der Waals surface area (Å²) in [7, 11) is 1.91. The third-order valence-electron chi connectivity index (χ3n) is 5.66. The lowest BCUT2D eigenvalue weighted by molar-refractivity contribution is -0.211. The fourth-order valence-corrected chi connectivity index (χ4v) is 4.81. The number of hydrogen-bond acceptors (Lipinski definition) is 8. The van der Waals surface area contributed by atoms with Crippen LogP contribution in [0.25, 0.3) is 0 Å². The van der Waals surface area contributed by atoms with Crippen molar-refractivity contribution in [2.45, 2.75) is 81.1 Å². The van der Waals surface area contributed by atoms with Crippen LogP contribution in [0.2, 0.25) is 0 Å². The zero-order chi connectivity index (χ0) is 20.3. The van der Waals surface area contributed by atoms with E-state index in [1.54, 1.807) is 6.26 Å². The van der Waals surface area contributed by atoms with E-state index in [9.17, 15) is 25.2 Å². The molecule has 2 rings (SSSR count). The summed E-state index contributed by atoms with van der Waals surface area (Å²) in [4.78, 5) is 14.9. The molecule has 2 aliphatic heterocycles. The molecule has 9 atom stereocenters. The summed E-state index contributed by atoms with van der Waals surface area (Å²) in [5, 5.41) is 43.5. The molecule has 0 bridgehead atoms. The van der Waals surface area contributed by atoms with Crippen LogP contribution in [0, 0.1) is 5.92 Å². The summed E-state index contributed by atoms with van der Waals surface area (Å²) in [6.45, 7) is 4.48. The fourth-order valence-electron chi connectivity index (χ4n) is 4.13. The third-order valence-corrected chi connectivity index (χ3v) is 6.51. The third kappa shape index (κ3) is 5.14. The van der Waals surface area contributed by atoms with Crippen LogP contribution >= 0.6 is 11.8 Å². The van der Waals surface area contributed by atoms with Gasteiger partial charge in [0.25, 0.3) is 0 Å². The molecule has 0 radical (unpaired) electrons. The first-order chi connectivity index (χ1) is 12.7. The van der Waals surface area contributed by atoms with E-state index in [4.69, 9.17) is 4.74 Å². The van der Waals surface area contributed by atoms with Gasteiger partial charge in [-0.2, -0.15) is 0 Å². The molecule has 2 aliphatic rings. The number of carbonyl (C=O) groups excluding carboxylic acids is 1. The highest BCUT2D eigenvalue weighted by molar-refractivity contribution is 7.99. The minimum absolute atomic E-state index is 0.223. The monoisotopic (exact) mass is 406 g/mol. The molecule has 27 heavy (non-hydrogen) atoms. The van der Waals surface area contributed by atoms with Crippen LogP contribution in [-0.4, -0.2) is 99.1 Å². The molecule has 0 spiro atoms. The molecular weight excluding hydrogens is 372 g/mol. The molecule has 158 valence electrons. The quantitative estimate of drug-likeness (QED) is 0.370. The van der Waals surface area contributed by atoms with Gasteiger partial charge in [-0.05, 0) is 39.0 Å². The molecule has 8 nitrogen and oxygen atoms in total. The summed E-state index contributed by atoms with van der Waals surface area (Å²) >= 11 is 1.20.